The third kappa shape index (κ3) is 3.45. The van der Waals surface area contributed by atoms with Gasteiger partial charge in [0.15, 0.2) is 0 Å². The van der Waals surface area contributed by atoms with E-state index in [1.807, 2.05) is 11.8 Å². The van der Waals surface area contributed by atoms with Crippen LogP contribution >= 0.6 is 12.4 Å². The van der Waals surface area contributed by atoms with E-state index in [2.05, 4.69) is 12.2 Å². The molecule has 1 aliphatic heterocycles. The van der Waals surface area contributed by atoms with Gasteiger partial charge in [-0.05, 0) is 44.5 Å². The summed E-state index contributed by atoms with van der Waals surface area (Å²) >= 11 is 0. The molecule has 1 fully saturated rings. The van der Waals surface area contributed by atoms with Gasteiger partial charge >= 0.3 is 0 Å². The molecule has 0 aromatic heterocycles. The molecule has 0 aliphatic carbocycles. The molecule has 2 atom stereocenters. The molecule has 2 rings (SSSR count). The summed E-state index contributed by atoms with van der Waals surface area (Å²) in [7, 11) is 0. The zero-order valence-electron chi connectivity index (χ0n) is 11.4. The number of nitrogens with one attached hydrogen (secondary N) is 1. The Labute approximate surface area is 119 Å². The minimum Gasteiger partial charge on any atom is -0.333 e. The fourth-order valence-electron chi connectivity index (χ4n) is 2.33. The first-order valence-electron chi connectivity index (χ1n) is 6.29. The second kappa shape index (κ2) is 6.35. The van der Waals surface area contributed by atoms with Crippen LogP contribution in [0.15, 0.2) is 18.2 Å². The molecular formula is C14H20ClFN2O. The average Bonchev–Trinajstić information content (AvgIpc) is 2.31. The van der Waals surface area contributed by atoms with E-state index in [1.165, 1.54) is 12.1 Å². The summed E-state index contributed by atoms with van der Waals surface area (Å²) < 4.78 is 13.1. The molecule has 2 unspecified atom stereocenters. The Balaban J connectivity index is 0.00000180. The second-order valence-corrected chi connectivity index (χ2v) is 5.08. The van der Waals surface area contributed by atoms with Gasteiger partial charge in [-0.15, -0.1) is 12.4 Å². The number of amides is 1. The molecule has 106 valence electrons. The van der Waals surface area contributed by atoms with Crippen molar-refractivity contribution in [3.8, 4) is 0 Å². The predicted molar refractivity (Wildman–Crippen MR) is 76.3 cm³/mol. The fraction of sp³-hybridized carbons (Fsp3) is 0.500. The van der Waals surface area contributed by atoms with Gasteiger partial charge in [0.1, 0.15) is 5.82 Å². The smallest absolute Gasteiger partial charge is 0.254 e. The number of nitrogens with zero attached hydrogens (tertiary/aromatic N) is 1. The van der Waals surface area contributed by atoms with E-state index < -0.39 is 0 Å². The molecule has 5 heteroatoms. The standard InChI is InChI=1S/C14H19FN2O.ClH/c1-9-6-12(15)4-5-13(9)14(18)17-8-10(2)16-7-11(17)3;/h4-6,10-11,16H,7-8H2,1-3H3;1H. The lowest BCUT2D eigenvalue weighted by molar-refractivity contribution is 0.0615. The zero-order chi connectivity index (χ0) is 13.3. The number of hydrogen-bond acceptors (Lipinski definition) is 2. The molecule has 1 N–H and O–H groups in total. The molecule has 1 aromatic carbocycles. The van der Waals surface area contributed by atoms with Crippen LogP contribution < -0.4 is 5.32 Å². The number of carbonyl (C=O) groups excluding carboxylic acids is 1. The molecule has 0 saturated carbocycles. The molecule has 0 radical (unpaired) electrons. The van der Waals surface area contributed by atoms with Crippen LogP contribution in [0, 0.1) is 12.7 Å². The first-order valence-corrected chi connectivity index (χ1v) is 6.29. The Bertz CT molecular complexity index is 467. The van der Waals surface area contributed by atoms with Crippen molar-refractivity contribution >= 4 is 18.3 Å². The largest absolute Gasteiger partial charge is 0.333 e. The SMILES string of the molecule is Cc1cc(F)ccc1C(=O)N1CC(C)NCC1C.Cl. The third-order valence-corrected chi connectivity index (χ3v) is 3.44. The number of carbonyl (C=O) groups is 1. The summed E-state index contributed by atoms with van der Waals surface area (Å²) in [6, 6.07) is 4.79. The number of rotatable bonds is 1. The van der Waals surface area contributed by atoms with Crippen LogP contribution in [0.3, 0.4) is 0 Å². The van der Waals surface area contributed by atoms with Crippen molar-refractivity contribution < 1.29 is 9.18 Å². The van der Waals surface area contributed by atoms with Crippen LogP contribution in [0.2, 0.25) is 0 Å². The second-order valence-electron chi connectivity index (χ2n) is 5.08. The number of piperazine rings is 1. The number of hydrogen-bond donors (Lipinski definition) is 1. The Hall–Kier alpha value is -1.13. The highest BCUT2D eigenvalue weighted by atomic mass is 35.5. The quantitative estimate of drug-likeness (QED) is 0.860. The van der Waals surface area contributed by atoms with Crippen LogP contribution in [0.5, 0.6) is 0 Å². The lowest BCUT2D eigenvalue weighted by Gasteiger charge is -2.37. The van der Waals surface area contributed by atoms with Crippen molar-refractivity contribution in [2.45, 2.75) is 32.9 Å². The third-order valence-electron chi connectivity index (χ3n) is 3.44. The van der Waals surface area contributed by atoms with E-state index in [-0.39, 0.29) is 30.2 Å². The van der Waals surface area contributed by atoms with Crippen LogP contribution in [-0.2, 0) is 0 Å². The fourth-order valence-corrected chi connectivity index (χ4v) is 2.33. The summed E-state index contributed by atoms with van der Waals surface area (Å²) in [5.41, 5.74) is 1.29. The first-order chi connectivity index (χ1) is 8.49. The lowest BCUT2D eigenvalue weighted by Crippen LogP contribution is -2.56. The van der Waals surface area contributed by atoms with E-state index in [0.717, 1.165) is 6.54 Å². The van der Waals surface area contributed by atoms with Crippen LogP contribution in [0.1, 0.15) is 29.8 Å². The van der Waals surface area contributed by atoms with Crippen molar-refractivity contribution in [3.63, 3.8) is 0 Å². The molecule has 1 saturated heterocycles. The van der Waals surface area contributed by atoms with Crippen LogP contribution in [0.4, 0.5) is 4.39 Å². The predicted octanol–water partition coefficient (Wildman–Crippen LogP) is 2.38. The van der Waals surface area contributed by atoms with Gasteiger partial charge in [0, 0.05) is 30.7 Å². The van der Waals surface area contributed by atoms with Gasteiger partial charge in [0.05, 0.1) is 0 Å². The van der Waals surface area contributed by atoms with Gasteiger partial charge in [0.2, 0.25) is 0 Å². The maximum atomic E-state index is 13.1. The normalized spacial score (nSPS) is 22.8. The Morgan fingerprint density at radius 2 is 2.11 bits per heavy atom. The molecule has 0 spiro atoms. The number of aryl methyl sites for hydroxylation is 1. The van der Waals surface area contributed by atoms with Crippen molar-refractivity contribution in [3.05, 3.63) is 35.1 Å². The van der Waals surface area contributed by atoms with Crippen molar-refractivity contribution in [1.29, 1.82) is 0 Å². The van der Waals surface area contributed by atoms with Crippen LogP contribution in [0.25, 0.3) is 0 Å². The summed E-state index contributed by atoms with van der Waals surface area (Å²) in [6.45, 7) is 7.34. The van der Waals surface area contributed by atoms with Crippen molar-refractivity contribution in [1.82, 2.24) is 10.2 Å². The van der Waals surface area contributed by atoms with E-state index in [0.29, 0.717) is 23.7 Å². The van der Waals surface area contributed by atoms with Gasteiger partial charge in [-0.2, -0.15) is 0 Å². The molecule has 3 nitrogen and oxygen atoms in total. The summed E-state index contributed by atoms with van der Waals surface area (Å²) in [5.74, 6) is -0.306. The molecule has 19 heavy (non-hydrogen) atoms. The summed E-state index contributed by atoms with van der Waals surface area (Å²) in [5, 5.41) is 3.34. The van der Waals surface area contributed by atoms with Gasteiger partial charge < -0.3 is 10.2 Å². The van der Waals surface area contributed by atoms with Crippen LogP contribution in [-0.4, -0.2) is 36.0 Å². The molecule has 1 aliphatic rings. The van der Waals surface area contributed by atoms with Crippen molar-refractivity contribution in [2.75, 3.05) is 13.1 Å². The zero-order valence-corrected chi connectivity index (χ0v) is 12.3. The first kappa shape index (κ1) is 15.9. The van der Waals surface area contributed by atoms with Gasteiger partial charge in [-0.25, -0.2) is 4.39 Å². The van der Waals surface area contributed by atoms with Gasteiger partial charge in [0.25, 0.3) is 5.91 Å². The van der Waals surface area contributed by atoms with Gasteiger partial charge in [-0.1, -0.05) is 0 Å². The summed E-state index contributed by atoms with van der Waals surface area (Å²) in [4.78, 5) is 14.3. The minimum atomic E-state index is -0.300. The molecular weight excluding hydrogens is 267 g/mol. The Morgan fingerprint density at radius 1 is 1.42 bits per heavy atom. The topological polar surface area (TPSA) is 32.3 Å². The molecule has 1 amide bonds. The molecule has 1 aromatic rings. The Morgan fingerprint density at radius 3 is 2.74 bits per heavy atom. The molecule has 0 bridgehead atoms. The van der Waals surface area contributed by atoms with Gasteiger partial charge in [-0.3, -0.25) is 4.79 Å². The van der Waals surface area contributed by atoms with E-state index in [4.69, 9.17) is 0 Å². The Kier molecular flexibility index (Phi) is 5.32. The van der Waals surface area contributed by atoms with Crippen molar-refractivity contribution in [2.24, 2.45) is 0 Å². The van der Waals surface area contributed by atoms with E-state index in [9.17, 15) is 9.18 Å². The molecule has 1 heterocycles. The van der Waals surface area contributed by atoms with E-state index in [1.54, 1.807) is 13.0 Å². The minimum absolute atomic E-state index is 0. The maximum Gasteiger partial charge on any atom is 0.254 e. The highest BCUT2D eigenvalue weighted by molar-refractivity contribution is 5.96. The lowest BCUT2D eigenvalue weighted by atomic mass is 10.0. The highest BCUT2D eigenvalue weighted by Gasteiger charge is 2.27. The summed E-state index contributed by atoms with van der Waals surface area (Å²) in [6.07, 6.45) is 0. The monoisotopic (exact) mass is 286 g/mol. The van der Waals surface area contributed by atoms with E-state index >= 15 is 0 Å². The highest BCUT2D eigenvalue weighted by Crippen LogP contribution is 2.16. The maximum absolute atomic E-state index is 13.1. The number of halogens is 2. The average molecular weight is 287 g/mol. The number of benzene rings is 1.